The van der Waals surface area contributed by atoms with E-state index in [1.54, 1.807) is 0 Å². The van der Waals surface area contributed by atoms with Crippen molar-refractivity contribution < 1.29 is 4.79 Å². The fourth-order valence-corrected chi connectivity index (χ4v) is 2.97. The molecule has 0 saturated heterocycles. The van der Waals surface area contributed by atoms with Crippen molar-refractivity contribution >= 4 is 17.2 Å². The third kappa shape index (κ3) is 4.45. The third-order valence-corrected chi connectivity index (χ3v) is 4.20. The number of aldehydes is 1. The lowest BCUT2D eigenvalue weighted by atomic mass is 10.1. The lowest BCUT2D eigenvalue weighted by molar-refractivity contribution is 0.112. The van der Waals surface area contributed by atoms with Crippen LogP contribution in [0.1, 0.15) is 68.6 Å². The number of unbranched alkanes of at least 4 members (excludes halogenated alkanes) is 7. The number of aryl methyl sites for hydroxylation is 1. The maximum absolute atomic E-state index is 11.1. The molecule has 0 atom stereocenters. The predicted octanol–water partition coefficient (Wildman–Crippen LogP) is 5.59. The molecule has 21 heavy (non-hydrogen) atoms. The van der Waals surface area contributed by atoms with Gasteiger partial charge in [-0.2, -0.15) is 0 Å². The van der Waals surface area contributed by atoms with Crippen molar-refractivity contribution in [2.24, 2.45) is 0 Å². The fourth-order valence-electron chi connectivity index (χ4n) is 2.97. The molecule has 1 heterocycles. The lowest BCUT2D eigenvalue weighted by Gasteiger charge is -2.05. The van der Waals surface area contributed by atoms with Crippen molar-refractivity contribution in [3.8, 4) is 0 Å². The Bertz CT molecular complexity index is 556. The Balaban J connectivity index is 1.77. The number of rotatable bonds is 10. The number of carbonyl (C=O) groups is 1. The van der Waals surface area contributed by atoms with E-state index in [1.807, 2.05) is 24.4 Å². The molecule has 0 saturated carbocycles. The second-order valence-corrected chi connectivity index (χ2v) is 5.89. The summed E-state index contributed by atoms with van der Waals surface area (Å²) >= 11 is 0. The molecule has 1 aromatic heterocycles. The second-order valence-electron chi connectivity index (χ2n) is 5.89. The summed E-state index contributed by atoms with van der Waals surface area (Å²) in [5.74, 6) is 0. The number of carbonyl (C=O) groups excluding carboxylic acids is 1. The first-order valence-electron chi connectivity index (χ1n) is 8.40. The molecule has 0 fully saturated rings. The number of hydrogen-bond acceptors (Lipinski definition) is 1. The normalized spacial score (nSPS) is 11.1. The molecule has 114 valence electrons. The third-order valence-electron chi connectivity index (χ3n) is 4.20. The molecule has 0 radical (unpaired) electrons. The van der Waals surface area contributed by atoms with Crippen molar-refractivity contribution in [1.82, 2.24) is 4.57 Å². The Hall–Kier alpha value is -1.57. The van der Waals surface area contributed by atoms with Crippen LogP contribution >= 0.6 is 0 Å². The van der Waals surface area contributed by atoms with Gasteiger partial charge in [0.25, 0.3) is 0 Å². The van der Waals surface area contributed by atoms with E-state index < -0.39 is 0 Å². The van der Waals surface area contributed by atoms with Crippen LogP contribution in [0.2, 0.25) is 0 Å². The molecule has 0 aliphatic heterocycles. The minimum Gasteiger partial charge on any atom is -0.347 e. The fraction of sp³-hybridized carbons (Fsp3) is 0.526. The van der Waals surface area contributed by atoms with Crippen molar-refractivity contribution in [2.45, 2.75) is 64.8 Å². The van der Waals surface area contributed by atoms with E-state index in [9.17, 15) is 4.79 Å². The van der Waals surface area contributed by atoms with E-state index in [4.69, 9.17) is 0 Å². The smallest absolute Gasteiger partial charge is 0.152 e. The molecular formula is C19H27NO. The van der Waals surface area contributed by atoms with Crippen molar-refractivity contribution in [1.29, 1.82) is 0 Å². The van der Waals surface area contributed by atoms with Gasteiger partial charge in [-0.05, 0) is 12.5 Å². The quantitative estimate of drug-likeness (QED) is 0.411. The molecule has 0 aliphatic carbocycles. The number of benzene rings is 1. The second kappa shape index (κ2) is 8.66. The van der Waals surface area contributed by atoms with Crippen LogP contribution in [0.25, 0.3) is 10.9 Å². The van der Waals surface area contributed by atoms with E-state index in [1.165, 1.54) is 56.9 Å². The number of aromatic nitrogens is 1. The molecule has 0 N–H and O–H groups in total. The van der Waals surface area contributed by atoms with Crippen molar-refractivity contribution in [3.63, 3.8) is 0 Å². The summed E-state index contributed by atoms with van der Waals surface area (Å²) in [5.41, 5.74) is 1.99. The molecule has 0 amide bonds. The van der Waals surface area contributed by atoms with Crippen molar-refractivity contribution in [3.05, 3.63) is 36.0 Å². The average Bonchev–Trinajstić information content (AvgIpc) is 2.88. The first-order valence-corrected chi connectivity index (χ1v) is 8.40. The molecule has 0 bridgehead atoms. The van der Waals surface area contributed by atoms with Crippen molar-refractivity contribution in [2.75, 3.05) is 0 Å². The number of hydrogen-bond donors (Lipinski definition) is 0. The zero-order valence-corrected chi connectivity index (χ0v) is 13.2. The molecule has 2 aromatic rings. The minimum atomic E-state index is 0.810. The molecule has 1 aromatic carbocycles. The highest BCUT2D eigenvalue weighted by Gasteiger charge is 2.06. The summed E-state index contributed by atoms with van der Waals surface area (Å²) in [6, 6.07) is 8.17. The van der Waals surface area contributed by atoms with Gasteiger partial charge in [0, 0.05) is 29.2 Å². The standard InChI is InChI=1S/C19H27NO/c1-2-3-4-5-6-7-8-11-14-20-15-17(16-21)18-12-9-10-13-19(18)20/h9-10,12-13,15-16H,2-8,11,14H2,1H3. The summed E-state index contributed by atoms with van der Waals surface area (Å²) in [4.78, 5) is 11.1. The van der Waals surface area contributed by atoms with Gasteiger partial charge in [0.05, 0.1) is 0 Å². The van der Waals surface area contributed by atoms with Gasteiger partial charge < -0.3 is 4.57 Å². The summed E-state index contributed by atoms with van der Waals surface area (Å²) in [6.07, 6.45) is 13.6. The molecule has 2 nitrogen and oxygen atoms in total. The molecule has 0 aliphatic rings. The molecule has 0 spiro atoms. The first-order chi connectivity index (χ1) is 10.4. The van der Waals surface area contributed by atoms with E-state index in [-0.39, 0.29) is 0 Å². The van der Waals surface area contributed by atoms with Crippen LogP contribution in [-0.4, -0.2) is 10.9 Å². The highest BCUT2D eigenvalue weighted by molar-refractivity contribution is 5.97. The first kappa shape index (κ1) is 15.8. The largest absolute Gasteiger partial charge is 0.347 e. The summed E-state index contributed by atoms with van der Waals surface area (Å²) in [7, 11) is 0. The van der Waals surface area contributed by atoms with Crippen LogP contribution in [0.3, 0.4) is 0 Å². The summed E-state index contributed by atoms with van der Waals surface area (Å²) in [5, 5.41) is 1.08. The van der Waals surface area contributed by atoms with E-state index in [0.717, 1.165) is 23.8 Å². The molecule has 2 rings (SSSR count). The molecule has 0 unspecified atom stereocenters. The van der Waals surface area contributed by atoms with Gasteiger partial charge in [0.2, 0.25) is 0 Å². The van der Waals surface area contributed by atoms with Crippen LogP contribution in [-0.2, 0) is 6.54 Å². The van der Waals surface area contributed by atoms with Gasteiger partial charge >= 0.3 is 0 Å². The van der Waals surface area contributed by atoms with Gasteiger partial charge in [-0.15, -0.1) is 0 Å². The highest BCUT2D eigenvalue weighted by Crippen LogP contribution is 2.20. The Morgan fingerprint density at radius 3 is 2.33 bits per heavy atom. The van der Waals surface area contributed by atoms with Crippen LogP contribution in [0, 0.1) is 0 Å². The molecular weight excluding hydrogens is 258 g/mol. The number of para-hydroxylation sites is 1. The number of fused-ring (bicyclic) bond motifs is 1. The van der Waals surface area contributed by atoms with Crippen LogP contribution in [0.15, 0.2) is 30.5 Å². The Morgan fingerprint density at radius 2 is 1.62 bits per heavy atom. The Morgan fingerprint density at radius 1 is 0.952 bits per heavy atom. The maximum atomic E-state index is 11.1. The minimum absolute atomic E-state index is 0.810. The van der Waals surface area contributed by atoms with E-state index in [0.29, 0.717) is 0 Å². The monoisotopic (exact) mass is 285 g/mol. The Labute approximate surface area is 128 Å². The zero-order valence-electron chi connectivity index (χ0n) is 13.2. The number of nitrogens with zero attached hydrogens (tertiary/aromatic N) is 1. The average molecular weight is 285 g/mol. The highest BCUT2D eigenvalue weighted by atomic mass is 16.1. The van der Waals surface area contributed by atoms with Gasteiger partial charge in [0.1, 0.15) is 0 Å². The van der Waals surface area contributed by atoms with Gasteiger partial charge in [-0.1, -0.05) is 70.1 Å². The molecule has 2 heteroatoms. The SMILES string of the molecule is CCCCCCCCCCn1cc(C=O)c2ccccc21. The van der Waals surface area contributed by atoms with Crippen LogP contribution < -0.4 is 0 Å². The topological polar surface area (TPSA) is 22.0 Å². The van der Waals surface area contributed by atoms with Gasteiger partial charge in [-0.25, -0.2) is 0 Å². The summed E-state index contributed by atoms with van der Waals surface area (Å²) < 4.78 is 2.23. The van der Waals surface area contributed by atoms with Crippen LogP contribution in [0.5, 0.6) is 0 Å². The maximum Gasteiger partial charge on any atom is 0.152 e. The lowest BCUT2D eigenvalue weighted by Crippen LogP contribution is -1.96. The predicted molar refractivity (Wildman–Crippen MR) is 89.9 cm³/mol. The van der Waals surface area contributed by atoms with Gasteiger partial charge in [0.15, 0.2) is 6.29 Å². The van der Waals surface area contributed by atoms with Crippen LogP contribution in [0.4, 0.5) is 0 Å². The Kier molecular flexibility index (Phi) is 6.52. The van der Waals surface area contributed by atoms with E-state index in [2.05, 4.69) is 17.6 Å². The summed E-state index contributed by atoms with van der Waals surface area (Å²) in [6.45, 7) is 3.28. The zero-order chi connectivity index (χ0) is 14.9. The van der Waals surface area contributed by atoms with Gasteiger partial charge in [-0.3, -0.25) is 4.79 Å². The van der Waals surface area contributed by atoms with E-state index >= 15 is 0 Å².